The second-order valence-corrected chi connectivity index (χ2v) is 9.37. The molecule has 3 aromatic rings. The van der Waals surface area contributed by atoms with Crippen LogP contribution in [0.15, 0.2) is 59.6 Å². The quantitative estimate of drug-likeness (QED) is 0.645. The van der Waals surface area contributed by atoms with Crippen molar-refractivity contribution < 1.29 is 13.5 Å². The fourth-order valence-corrected chi connectivity index (χ4v) is 5.31. The molecule has 0 aliphatic carbocycles. The summed E-state index contributed by atoms with van der Waals surface area (Å²) in [5, 5.41) is 11.9. The van der Waals surface area contributed by atoms with E-state index in [0.29, 0.717) is 29.9 Å². The van der Waals surface area contributed by atoms with Crippen LogP contribution >= 0.6 is 11.6 Å². The monoisotopic (exact) mass is 431 g/mol. The molecule has 0 bridgehead atoms. The molecule has 2 N–H and O–H groups in total. The van der Waals surface area contributed by atoms with Crippen LogP contribution in [0.5, 0.6) is 5.75 Å². The van der Waals surface area contributed by atoms with E-state index >= 15 is 0 Å². The predicted molar refractivity (Wildman–Crippen MR) is 113 cm³/mol. The summed E-state index contributed by atoms with van der Waals surface area (Å²) >= 11 is 6.36. The highest BCUT2D eigenvalue weighted by Gasteiger charge is 2.25. The molecular weight excluding hydrogens is 410 g/mol. The van der Waals surface area contributed by atoms with Crippen LogP contribution in [0.2, 0.25) is 5.02 Å². The zero-order chi connectivity index (χ0) is 20.4. The summed E-state index contributed by atoms with van der Waals surface area (Å²) < 4.78 is 27.8. The Hall–Kier alpha value is -2.19. The van der Waals surface area contributed by atoms with Crippen LogP contribution < -0.4 is 4.72 Å². The fraction of sp³-hybridized carbons (Fsp3) is 0.286. The molecule has 1 aliphatic rings. The first-order chi connectivity index (χ1) is 13.9. The smallest absolute Gasteiger partial charge is 0.240 e. The van der Waals surface area contributed by atoms with Gasteiger partial charge in [-0.2, -0.15) is 0 Å². The molecule has 0 unspecified atom stereocenters. The number of likely N-dealkylation sites (tertiary alicyclic amines) is 1. The molecule has 0 atom stereocenters. The first-order valence-electron chi connectivity index (χ1n) is 9.49. The number of sulfonamides is 1. The van der Waals surface area contributed by atoms with Gasteiger partial charge in [0.05, 0.1) is 9.92 Å². The van der Waals surface area contributed by atoms with Crippen molar-refractivity contribution in [1.82, 2.24) is 14.6 Å². The SMILES string of the molecule is O=S(=O)(NC1CCN(Cc2cc(Cl)c3cccnc3c2O)CC1)c1ccccc1. The maximum absolute atomic E-state index is 12.5. The van der Waals surface area contributed by atoms with Gasteiger partial charge in [0.25, 0.3) is 0 Å². The van der Waals surface area contributed by atoms with Gasteiger partial charge in [-0.3, -0.25) is 9.88 Å². The van der Waals surface area contributed by atoms with Crippen LogP contribution in [-0.4, -0.2) is 42.5 Å². The van der Waals surface area contributed by atoms with Gasteiger partial charge >= 0.3 is 0 Å². The lowest BCUT2D eigenvalue weighted by atomic mass is 10.0. The molecule has 0 radical (unpaired) electrons. The standard InChI is InChI=1S/C21H22ClN3O3S/c22-19-13-15(21(26)20-18(19)7-4-10-23-20)14-25-11-8-16(9-12-25)24-29(27,28)17-5-2-1-3-6-17/h1-7,10,13,16,24,26H,8-9,11-12,14H2. The minimum absolute atomic E-state index is 0.105. The summed E-state index contributed by atoms with van der Waals surface area (Å²) in [6.07, 6.45) is 3.03. The molecule has 152 valence electrons. The van der Waals surface area contributed by atoms with E-state index in [0.717, 1.165) is 24.0 Å². The Bertz CT molecular complexity index is 1110. The Morgan fingerprint density at radius 2 is 1.86 bits per heavy atom. The number of phenolic OH excluding ortho intramolecular Hbond substituents is 1. The summed E-state index contributed by atoms with van der Waals surface area (Å²) in [6, 6.07) is 13.7. The highest BCUT2D eigenvalue weighted by Crippen LogP contribution is 2.34. The summed E-state index contributed by atoms with van der Waals surface area (Å²) in [7, 11) is -3.51. The lowest BCUT2D eigenvalue weighted by Gasteiger charge is -2.32. The van der Waals surface area contributed by atoms with Crippen molar-refractivity contribution >= 4 is 32.5 Å². The van der Waals surface area contributed by atoms with E-state index in [1.807, 2.05) is 6.07 Å². The van der Waals surface area contributed by atoms with Crippen LogP contribution in [0, 0.1) is 0 Å². The van der Waals surface area contributed by atoms with E-state index in [1.165, 1.54) is 0 Å². The Kier molecular flexibility index (Phi) is 5.74. The second-order valence-electron chi connectivity index (χ2n) is 7.25. The molecule has 6 nitrogen and oxygen atoms in total. The molecule has 2 aromatic carbocycles. The Morgan fingerprint density at radius 3 is 2.59 bits per heavy atom. The lowest BCUT2D eigenvalue weighted by Crippen LogP contribution is -2.44. The second kappa shape index (κ2) is 8.28. The fourth-order valence-electron chi connectivity index (χ4n) is 3.70. The van der Waals surface area contributed by atoms with Gasteiger partial charge < -0.3 is 5.11 Å². The van der Waals surface area contributed by atoms with Gasteiger partial charge in [0, 0.05) is 42.8 Å². The van der Waals surface area contributed by atoms with Gasteiger partial charge in [0.2, 0.25) is 10.0 Å². The van der Waals surface area contributed by atoms with Crippen LogP contribution in [0.4, 0.5) is 0 Å². The maximum atomic E-state index is 12.5. The van der Waals surface area contributed by atoms with Crippen LogP contribution in [0.3, 0.4) is 0 Å². The third kappa shape index (κ3) is 4.38. The predicted octanol–water partition coefficient (Wildman–Crippen LogP) is 3.54. The maximum Gasteiger partial charge on any atom is 0.240 e. The molecule has 1 fully saturated rings. The zero-order valence-electron chi connectivity index (χ0n) is 15.8. The van der Waals surface area contributed by atoms with Crippen LogP contribution in [0.1, 0.15) is 18.4 Å². The molecule has 0 spiro atoms. The average molecular weight is 432 g/mol. The first kappa shape index (κ1) is 20.1. The number of hydrogen-bond acceptors (Lipinski definition) is 5. The van der Waals surface area contributed by atoms with Crippen molar-refractivity contribution in [3.63, 3.8) is 0 Å². The van der Waals surface area contributed by atoms with Crippen LogP contribution in [0.25, 0.3) is 10.9 Å². The highest BCUT2D eigenvalue weighted by molar-refractivity contribution is 7.89. The van der Waals surface area contributed by atoms with Gasteiger partial charge in [-0.15, -0.1) is 0 Å². The van der Waals surface area contributed by atoms with Crippen molar-refractivity contribution in [2.24, 2.45) is 0 Å². The third-order valence-corrected chi connectivity index (χ3v) is 7.10. The van der Waals surface area contributed by atoms with Crippen LogP contribution in [-0.2, 0) is 16.6 Å². The molecular formula is C21H22ClN3O3S. The molecule has 0 amide bonds. The number of pyridine rings is 1. The minimum atomic E-state index is -3.51. The number of aromatic hydroxyl groups is 1. The van der Waals surface area contributed by atoms with Gasteiger partial charge in [0.15, 0.2) is 0 Å². The number of halogens is 1. The van der Waals surface area contributed by atoms with E-state index in [4.69, 9.17) is 11.6 Å². The number of piperidine rings is 1. The average Bonchev–Trinajstić information content (AvgIpc) is 2.74. The van der Waals surface area contributed by atoms with Crippen molar-refractivity contribution in [1.29, 1.82) is 0 Å². The van der Waals surface area contributed by atoms with Crippen molar-refractivity contribution in [2.45, 2.75) is 30.3 Å². The number of phenols is 1. The van der Waals surface area contributed by atoms with Gasteiger partial charge in [0.1, 0.15) is 11.3 Å². The molecule has 1 aliphatic heterocycles. The summed E-state index contributed by atoms with van der Waals surface area (Å²) in [4.78, 5) is 6.72. The Morgan fingerprint density at radius 1 is 1.14 bits per heavy atom. The molecule has 2 heterocycles. The number of hydrogen-bond donors (Lipinski definition) is 2. The molecule has 29 heavy (non-hydrogen) atoms. The lowest BCUT2D eigenvalue weighted by molar-refractivity contribution is 0.198. The molecule has 8 heteroatoms. The first-order valence-corrected chi connectivity index (χ1v) is 11.3. The molecule has 1 saturated heterocycles. The number of fused-ring (bicyclic) bond motifs is 1. The van der Waals surface area contributed by atoms with Crippen molar-refractivity contribution in [2.75, 3.05) is 13.1 Å². The topological polar surface area (TPSA) is 82.5 Å². The number of rotatable bonds is 5. The Labute approximate surface area is 175 Å². The highest BCUT2D eigenvalue weighted by atomic mass is 35.5. The summed E-state index contributed by atoms with van der Waals surface area (Å²) in [5.41, 5.74) is 1.23. The number of aromatic nitrogens is 1. The molecule has 1 aromatic heterocycles. The number of nitrogens with zero attached hydrogens (tertiary/aromatic N) is 2. The van der Waals surface area contributed by atoms with Crippen molar-refractivity contribution in [3.8, 4) is 5.75 Å². The number of nitrogens with one attached hydrogen (secondary N) is 1. The number of benzene rings is 2. The third-order valence-electron chi connectivity index (χ3n) is 5.25. The normalized spacial score (nSPS) is 16.3. The van der Waals surface area contributed by atoms with E-state index in [2.05, 4.69) is 14.6 Å². The summed E-state index contributed by atoms with van der Waals surface area (Å²) in [6.45, 7) is 1.98. The molecule has 0 saturated carbocycles. The van der Waals surface area contributed by atoms with Crippen molar-refractivity contribution in [3.05, 3.63) is 65.3 Å². The summed E-state index contributed by atoms with van der Waals surface area (Å²) in [5.74, 6) is 0.150. The van der Waals surface area contributed by atoms with Gasteiger partial charge in [-0.25, -0.2) is 13.1 Å². The molecule has 4 rings (SSSR count). The van der Waals surface area contributed by atoms with E-state index in [9.17, 15) is 13.5 Å². The van der Waals surface area contributed by atoms with Gasteiger partial charge in [-0.1, -0.05) is 29.8 Å². The largest absolute Gasteiger partial charge is 0.505 e. The van der Waals surface area contributed by atoms with Gasteiger partial charge in [-0.05, 0) is 43.2 Å². The minimum Gasteiger partial charge on any atom is -0.505 e. The Balaban J connectivity index is 1.41. The van der Waals surface area contributed by atoms with E-state index < -0.39 is 10.0 Å². The zero-order valence-corrected chi connectivity index (χ0v) is 17.3. The van der Waals surface area contributed by atoms with E-state index in [-0.39, 0.29) is 16.7 Å². The van der Waals surface area contributed by atoms with E-state index in [1.54, 1.807) is 48.7 Å².